The number of anilines is 1. The van der Waals surface area contributed by atoms with Crippen LogP contribution >= 0.6 is 0 Å². The second kappa shape index (κ2) is 9.11. The number of rotatable bonds is 9. The van der Waals surface area contributed by atoms with Gasteiger partial charge in [0.15, 0.2) is 0 Å². The molecule has 1 aromatic carbocycles. The first-order valence-electron chi connectivity index (χ1n) is 8.74. The molecule has 2 aromatic rings. The number of pyridine rings is 1. The lowest BCUT2D eigenvalue weighted by molar-refractivity contribution is -0.327. The quantitative estimate of drug-likeness (QED) is 0.695. The topological polar surface area (TPSA) is 64.5 Å². The highest BCUT2D eigenvalue weighted by atomic mass is 16.5. The van der Waals surface area contributed by atoms with Gasteiger partial charge in [0, 0.05) is 17.4 Å². The summed E-state index contributed by atoms with van der Waals surface area (Å²) in [5, 5.41) is 7.41. The van der Waals surface area contributed by atoms with Crippen molar-refractivity contribution in [3.63, 3.8) is 0 Å². The Bertz CT molecular complexity index is 686. The van der Waals surface area contributed by atoms with Crippen LogP contribution < -0.4 is 20.4 Å². The summed E-state index contributed by atoms with van der Waals surface area (Å²) in [5.74, 6) is 1.99. The van der Waals surface area contributed by atoms with Crippen molar-refractivity contribution in [3.05, 3.63) is 29.8 Å². The van der Waals surface area contributed by atoms with Gasteiger partial charge in [-0.1, -0.05) is 13.3 Å². The molecule has 0 saturated carbocycles. The normalized spacial score (nSPS) is 10.6. The van der Waals surface area contributed by atoms with E-state index in [0.717, 1.165) is 40.9 Å². The molecule has 1 heterocycles. The van der Waals surface area contributed by atoms with Crippen LogP contribution in [0.5, 0.6) is 5.75 Å². The highest BCUT2D eigenvalue weighted by Gasteiger charge is 2.10. The van der Waals surface area contributed by atoms with E-state index in [1.165, 1.54) is 0 Å². The van der Waals surface area contributed by atoms with Gasteiger partial charge in [0.1, 0.15) is 17.8 Å². The minimum absolute atomic E-state index is 0.126. The second-order valence-electron chi connectivity index (χ2n) is 5.89. The van der Waals surface area contributed by atoms with Gasteiger partial charge in [0.25, 0.3) is 5.82 Å². The third-order valence-electron chi connectivity index (χ3n) is 3.87. The van der Waals surface area contributed by atoms with Crippen molar-refractivity contribution < 1.29 is 14.5 Å². The molecule has 0 fully saturated rings. The van der Waals surface area contributed by atoms with E-state index < -0.39 is 0 Å². The molecule has 5 heteroatoms. The number of aromatic amines is 1. The smallest absolute Gasteiger partial charge is 0.275 e. The Balaban J connectivity index is 1.93. The Morgan fingerprint density at radius 1 is 1.21 bits per heavy atom. The van der Waals surface area contributed by atoms with Crippen LogP contribution in [-0.4, -0.2) is 25.6 Å². The van der Waals surface area contributed by atoms with Gasteiger partial charge in [0.05, 0.1) is 13.2 Å². The molecule has 130 valence electrons. The average molecular weight is 330 g/mol. The van der Waals surface area contributed by atoms with Crippen LogP contribution in [0.25, 0.3) is 10.9 Å². The van der Waals surface area contributed by atoms with Crippen molar-refractivity contribution in [2.75, 3.05) is 25.0 Å². The van der Waals surface area contributed by atoms with Crippen LogP contribution in [0, 0.1) is 6.92 Å². The van der Waals surface area contributed by atoms with Gasteiger partial charge < -0.3 is 10.1 Å². The van der Waals surface area contributed by atoms with E-state index >= 15 is 0 Å². The molecule has 0 unspecified atom stereocenters. The fourth-order valence-electron chi connectivity index (χ4n) is 2.57. The van der Waals surface area contributed by atoms with E-state index in [1.54, 1.807) is 0 Å². The van der Waals surface area contributed by atoms with Gasteiger partial charge in [-0.2, -0.15) is 0 Å². The van der Waals surface area contributed by atoms with E-state index in [9.17, 15) is 4.79 Å². The van der Waals surface area contributed by atoms with Gasteiger partial charge in [-0.05, 0) is 44.5 Å². The van der Waals surface area contributed by atoms with Gasteiger partial charge in [-0.15, -0.1) is 0 Å². The summed E-state index contributed by atoms with van der Waals surface area (Å²) in [5.41, 5.74) is 2.19. The second-order valence-corrected chi connectivity index (χ2v) is 5.89. The SMILES string of the molecule is CCCCC(=O)NCCNc1[nH+]c2ccc(OCC)cc2cc1C. The summed E-state index contributed by atoms with van der Waals surface area (Å²) < 4.78 is 5.54. The van der Waals surface area contributed by atoms with Gasteiger partial charge >= 0.3 is 0 Å². The number of nitrogens with one attached hydrogen (secondary N) is 3. The summed E-state index contributed by atoms with van der Waals surface area (Å²) >= 11 is 0. The number of ether oxygens (including phenoxy) is 1. The molecular formula is C19H28N3O2+. The molecule has 0 saturated heterocycles. The van der Waals surface area contributed by atoms with E-state index in [0.29, 0.717) is 26.1 Å². The Morgan fingerprint density at radius 3 is 2.79 bits per heavy atom. The van der Waals surface area contributed by atoms with E-state index in [-0.39, 0.29) is 5.91 Å². The van der Waals surface area contributed by atoms with Gasteiger partial charge in [0.2, 0.25) is 5.91 Å². The number of fused-ring (bicyclic) bond motifs is 1. The Hall–Kier alpha value is -2.30. The number of unbranched alkanes of at least 4 members (excludes halogenated alkanes) is 1. The van der Waals surface area contributed by atoms with Crippen molar-refractivity contribution in [2.24, 2.45) is 0 Å². The number of amides is 1. The van der Waals surface area contributed by atoms with Crippen LogP contribution in [0.15, 0.2) is 24.3 Å². The minimum Gasteiger partial charge on any atom is -0.494 e. The molecule has 0 atom stereocenters. The lowest BCUT2D eigenvalue weighted by Crippen LogP contribution is -2.29. The first-order valence-corrected chi connectivity index (χ1v) is 8.74. The average Bonchev–Trinajstić information content (AvgIpc) is 2.57. The highest BCUT2D eigenvalue weighted by molar-refractivity contribution is 5.79. The van der Waals surface area contributed by atoms with Crippen LogP contribution in [0.1, 0.15) is 38.7 Å². The van der Waals surface area contributed by atoms with E-state index in [1.807, 2.05) is 25.1 Å². The molecule has 5 nitrogen and oxygen atoms in total. The predicted octanol–water partition coefficient (Wildman–Crippen LogP) is 3.08. The first kappa shape index (κ1) is 18.0. The Morgan fingerprint density at radius 2 is 2.04 bits per heavy atom. The number of hydrogen-bond donors (Lipinski definition) is 2. The summed E-state index contributed by atoms with van der Waals surface area (Å²) in [6.07, 6.45) is 2.60. The third kappa shape index (κ3) is 5.11. The van der Waals surface area contributed by atoms with Crippen LogP contribution in [0.2, 0.25) is 0 Å². The molecule has 0 bridgehead atoms. The molecular weight excluding hydrogens is 302 g/mol. The fraction of sp³-hybridized carbons (Fsp3) is 0.474. The van der Waals surface area contributed by atoms with Crippen LogP contribution in [-0.2, 0) is 4.79 Å². The largest absolute Gasteiger partial charge is 0.494 e. The van der Waals surface area contributed by atoms with E-state index in [4.69, 9.17) is 4.74 Å². The maximum absolute atomic E-state index is 11.6. The highest BCUT2D eigenvalue weighted by Crippen LogP contribution is 2.21. The predicted molar refractivity (Wildman–Crippen MR) is 97.4 cm³/mol. The zero-order chi connectivity index (χ0) is 17.4. The van der Waals surface area contributed by atoms with Crippen molar-refractivity contribution in [1.82, 2.24) is 5.32 Å². The standard InChI is InChI=1S/C19H27N3O2/c1-4-6-7-18(23)20-10-11-21-19-14(3)12-15-13-16(24-5-2)8-9-17(15)22-19/h8-9,12-13H,4-7,10-11H2,1-3H3,(H,20,23)(H,21,22)/p+1. The van der Waals surface area contributed by atoms with E-state index in [2.05, 4.69) is 35.5 Å². The summed E-state index contributed by atoms with van der Waals surface area (Å²) in [7, 11) is 0. The molecule has 0 aliphatic heterocycles. The van der Waals surface area contributed by atoms with Gasteiger partial charge in [-0.3, -0.25) is 10.1 Å². The number of aromatic nitrogens is 1. The molecule has 0 spiro atoms. The number of carbonyl (C=O) groups is 1. The fourth-order valence-corrected chi connectivity index (χ4v) is 2.57. The van der Waals surface area contributed by atoms with Crippen molar-refractivity contribution in [1.29, 1.82) is 0 Å². The third-order valence-corrected chi connectivity index (χ3v) is 3.87. The lowest BCUT2D eigenvalue weighted by atomic mass is 10.1. The zero-order valence-corrected chi connectivity index (χ0v) is 14.9. The van der Waals surface area contributed by atoms with Crippen molar-refractivity contribution >= 4 is 22.6 Å². The Labute approximate surface area is 143 Å². The monoisotopic (exact) mass is 330 g/mol. The molecule has 2 rings (SSSR count). The first-order chi connectivity index (χ1) is 11.6. The zero-order valence-electron chi connectivity index (χ0n) is 14.9. The number of carbonyl (C=O) groups excluding carboxylic acids is 1. The number of aryl methyl sites for hydroxylation is 1. The van der Waals surface area contributed by atoms with Crippen LogP contribution in [0.3, 0.4) is 0 Å². The molecule has 24 heavy (non-hydrogen) atoms. The molecule has 1 amide bonds. The summed E-state index contributed by atoms with van der Waals surface area (Å²) in [6.45, 7) is 8.11. The summed E-state index contributed by atoms with van der Waals surface area (Å²) in [6, 6.07) is 8.17. The minimum atomic E-state index is 0.126. The molecule has 1 aromatic heterocycles. The molecule has 3 N–H and O–H groups in total. The maximum atomic E-state index is 11.6. The lowest BCUT2D eigenvalue weighted by Gasteiger charge is -2.07. The van der Waals surface area contributed by atoms with Crippen molar-refractivity contribution in [3.8, 4) is 5.75 Å². The number of H-pyrrole nitrogens is 1. The van der Waals surface area contributed by atoms with Gasteiger partial charge in [-0.25, -0.2) is 4.98 Å². The number of hydrogen-bond acceptors (Lipinski definition) is 3. The summed E-state index contributed by atoms with van der Waals surface area (Å²) in [4.78, 5) is 15.0. The van der Waals surface area contributed by atoms with Crippen molar-refractivity contribution in [2.45, 2.75) is 40.0 Å². The van der Waals surface area contributed by atoms with Crippen LogP contribution in [0.4, 0.5) is 5.82 Å². The molecule has 0 radical (unpaired) electrons. The Kier molecular flexibility index (Phi) is 6.85. The molecule has 0 aliphatic rings. The number of benzene rings is 1. The maximum Gasteiger partial charge on any atom is 0.275 e. The molecule has 0 aliphatic carbocycles.